The van der Waals surface area contributed by atoms with Crippen molar-refractivity contribution in [3.8, 4) is 0 Å². The van der Waals surface area contributed by atoms with Gasteiger partial charge in [0.1, 0.15) is 0 Å². The highest BCUT2D eigenvalue weighted by molar-refractivity contribution is 14.1. The first kappa shape index (κ1) is 10.4. The largest absolute Gasteiger partial charge is 0.337 e. The van der Waals surface area contributed by atoms with E-state index >= 15 is 0 Å². The molecular weight excluding hydrogens is 301 g/mol. The SMILES string of the molecule is O=C(I)NC1c2ccccccccc21. The predicted octanol–water partition coefficient (Wildman–Crippen LogP) is 3.36. The third-order valence-corrected chi connectivity index (χ3v) is 2.55. The molecule has 0 bridgehead atoms. The molecule has 2 nitrogen and oxygen atoms in total. The first-order valence-electron chi connectivity index (χ1n) is 4.67. The Hall–Kier alpha value is -1.10. The lowest BCUT2D eigenvalue weighted by Crippen LogP contribution is -2.12. The molecule has 1 aliphatic carbocycles. The van der Waals surface area contributed by atoms with E-state index in [2.05, 4.69) is 5.32 Å². The Morgan fingerprint density at radius 2 is 1.47 bits per heavy atom. The van der Waals surface area contributed by atoms with Gasteiger partial charge in [-0.25, -0.2) is 0 Å². The van der Waals surface area contributed by atoms with Gasteiger partial charge in [0.25, 0.3) is 3.91 Å². The van der Waals surface area contributed by atoms with Crippen molar-refractivity contribution in [3.05, 3.63) is 59.7 Å². The first-order chi connectivity index (χ1) is 7.29. The maximum Gasteiger partial charge on any atom is 0.281 e. The first-order valence-corrected chi connectivity index (χ1v) is 5.75. The molecule has 0 fully saturated rings. The van der Waals surface area contributed by atoms with E-state index in [0.717, 1.165) is 0 Å². The molecule has 0 saturated carbocycles. The molecule has 1 aliphatic rings. The average molecular weight is 311 g/mol. The summed E-state index contributed by atoms with van der Waals surface area (Å²) in [6.45, 7) is 0. The van der Waals surface area contributed by atoms with Crippen molar-refractivity contribution in [1.82, 2.24) is 5.32 Å². The maximum atomic E-state index is 10.9. The summed E-state index contributed by atoms with van der Waals surface area (Å²) in [6, 6.07) is 16.0. The third kappa shape index (κ3) is 2.68. The Kier molecular flexibility index (Phi) is 3.20. The van der Waals surface area contributed by atoms with Crippen LogP contribution in [0.25, 0.3) is 0 Å². The number of rotatable bonds is 1. The van der Waals surface area contributed by atoms with E-state index in [1.54, 1.807) is 22.6 Å². The van der Waals surface area contributed by atoms with Crippen molar-refractivity contribution < 1.29 is 4.79 Å². The van der Waals surface area contributed by atoms with Gasteiger partial charge >= 0.3 is 0 Å². The summed E-state index contributed by atoms with van der Waals surface area (Å²) in [5, 5.41) is 2.88. The van der Waals surface area contributed by atoms with E-state index < -0.39 is 0 Å². The van der Waals surface area contributed by atoms with Gasteiger partial charge in [-0.15, -0.1) is 0 Å². The van der Waals surface area contributed by atoms with Crippen LogP contribution in [-0.4, -0.2) is 3.91 Å². The van der Waals surface area contributed by atoms with Crippen LogP contribution in [0.15, 0.2) is 48.5 Å². The van der Waals surface area contributed by atoms with Crippen molar-refractivity contribution in [2.75, 3.05) is 0 Å². The molecule has 0 radical (unpaired) electrons. The van der Waals surface area contributed by atoms with Crippen molar-refractivity contribution in [1.29, 1.82) is 0 Å². The van der Waals surface area contributed by atoms with Gasteiger partial charge in [-0.1, -0.05) is 48.5 Å². The van der Waals surface area contributed by atoms with E-state index in [1.165, 1.54) is 11.1 Å². The van der Waals surface area contributed by atoms with Gasteiger partial charge in [-0.3, -0.25) is 4.79 Å². The molecule has 1 aromatic carbocycles. The molecule has 0 spiro atoms. The molecule has 2 rings (SSSR count). The zero-order valence-corrected chi connectivity index (χ0v) is 10.1. The van der Waals surface area contributed by atoms with Crippen LogP contribution >= 0.6 is 22.6 Å². The summed E-state index contributed by atoms with van der Waals surface area (Å²) in [6.07, 6.45) is 0. The molecule has 0 heterocycles. The monoisotopic (exact) mass is 311 g/mol. The Labute approximate surface area is 102 Å². The Balaban J connectivity index is 2.29. The van der Waals surface area contributed by atoms with Crippen LogP contribution in [0.2, 0.25) is 0 Å². The fraction of sp³-hybridized carbons (Fsp3) is 0.0833. The van der Waals surface area contributed by atoms with Gasteiger partial charge < -0.3 is 5.32 Å². The molecule has 15 heavy (non-hydrogen) atoms. The van der Waals surface area contributed by atoms with Crippen molar-refractivity contribution >= 4 is 26.5 Å². The zero-order chi connectivity index (χ0) is 10.7. The summed E-state index contributed by atoms with van der Waals surface area (Å²) >= 11 is 1.75. The van der Waals surface area contributed by atoms with Crippen LogP contribution in [-0.2, 0) is 0 Å². The normalized spacial score (nSPS) is 12.3. The van der Waals surface area contributed by atoms with E-state index in [-0.39, 0.29) is 9.96 Å². The smallest absolute Gasteiger partial charge is 0.281 e. The minimum absolute atomic E-state index is 0.0205. The van der Waals surface area contributed by atoms with E-state index in [9.17, 15) is 4.79 Å². The molecule has 0 aromatic heterocycles. The van der Waals surface area contributed by atoms with E-state index in [4.69, 9.17) is 0 Å². The molecule has 76 valence electrons. The lowest BCUT2D eigenvalue weighted by Gasteiger charge is -1.93. The summed E-state index contributed by atoms with van der Waals surface area (Å²) in [4.78, 5) is 10.9. The van der Waals surface area contributed by atoms with Gasteiger partial charge in [0.15, 0.2) is 0 Å². The number of amides is 1. The van der Waals surface area contributed by atoms with Crippen LogP contribution in [0.4, 0.5) is 4.79 Å². The van der Waals surface area contributed by atoms with Gasteiger partial charge in [0.2, 0.25) is 0 Å². The van der Waals surface area contributed by atoms with Gasteiger partial charge in [-0.05, 0) is 11.1 Å². The van der Waals surface area contributed by atoms with Crippen LogP contribution < -0.4 is 5.32 Å². The summed E-state index contributed by atoms with van der Waals surface area (Å²) < 4.78 is -0.0205. The molecular formula is C12H10INO. The summed E-state index contributed by atoms with van der Waals surface area (Å²) in [7, 11) is 0. The molecule has 0 saturated heterocycles. The highest BCUT2D eigenvalue weighted by Crippen LogP contribution is 2.39. The molecule has 1 aromatic rings. The van der Waals surface area contributed by atoms with Gasteiger partial charge in [0, 0.05) is 22.6 Å². The quantitative estimate of drug-likeness (QED) is 0.481. The number of halogens is 1. The van der Waals surface area contributed by atoms with Crippen molar-refractivity contribution in [2.45, 2.75) is 6.04 Å². The number of nitrogens with one attached hydrogen (secondary N) is 1. The molecule has 1 amide bonds. The number of fused-ring (bicyclic) bond motifs is 1. The second kappa shape index (κ2) is 4.61. The van der Waals surface area contributed by atoms with E-state index in [1.807, 2.05) is 48.5 Å². The summed E-state index contributed by atoms with van der Waals surface area (Å²) in [5.41, 5.74) is 2.38. The Morgan fingerprint density at radius 3 is 1.93 bits per heavy atom. The number of hydrogen-bond donors (Lipinski definition) is 1. The minimum atomic E-state index is -0.0205. The summed E-state index contributed by atoms with van der Waals surface area (Å²) in [5.74, 6) is 0. The van der Waals surface area contributed by atoms with Crippen molar-refractivity contribution in [3.63, 3.8) is 0 Å². The second-order valence-electron chi connectivity index (χ2n) is 3.25. The number of hydrogen-bond acceptors (Lipinski definition) is 1. The Bertz CT molecular complexity index is 410. The molecule has 0 aliphatic heterocycles. The van der Waals surface area contributed by atoms with Gasteiger partial charge in [0.05, 0.1) is 6.04 Å². The second-order valence-corrected chi connectivity index (χ2v) is 4.23. The lowest BCUT2D eigenvalue weighted by atomic mass is 10.4. The Morgan fingerprint density at radius 1 is 1.00 bits per heavy atom. The van der Waals surface area contributed by atoms with Crippen LogP contribution in [0, 0.1) is 0 Å². The molecule has 0 atom stereocenters. The zero-order valence-electron chi connectivity index (χ0n) is 7.98. The molecule has 3 heteroatoms. The van der Waals surface area contributed by atoms with E-state index in [0.29, 0.717) is 0 Å². The maximum absolute atomic E-state index is 10.9. The van der Waals surface area contributed by atoms with Crippen molar-refractivity contribution in [2.24, 2.45) is 0 Å². The number of carbonyl (C=O) groups excluding carboxylic acids is 1. The number of carbonyl (C=O) groups is 1. The fourth-order valence-electron chi connectivity index (χ4n) is 1.49. The highest BCUT2D eigenvalue weighted by Gasteiger charge is 2.31. The van der Waals surface area contributed by atoms with Crippen LogP contribution in [0.5, 0.6) is 0 Å². The lowest BCUT2D eigenvalue weighted by molar-refractivity contribution is 0.262. The average Bonchev–Trinajstić information content (AvgIpc) is 2.85. The minimum Gasteiger partial charge on any atom is -0.337 e. The standard InChI is InChI=1S/C12H10INO/c13-12(15)14-11-9-7-5-3-1-2-4-6-8-10(9)11/h1-8,11H,(H,14,15). The predicted molar refractivity (Wildman–Crippen MR) is 68.5 cm³/mol. The topological polar surface area (TPSA) is 29.1 Å². The van der Waals surface area contributed by atoms with Crippen LogP contribution in [0.3, 0.4) is 0 Å². The third-order valence-electron chi connectivity index (χ3n) is 2.24. The van der Waals surface area contributed by atoms with Gasteiger partial charge in [-0.2, -0.15) is 0 Å². The van der Waals surface area contributed by atoms with Crippen LogP contribution in [0.1, 0.15) is 17.2 Å². The molecule has 0 unspecified atom stereocenters. The highest BCUT2D eigenvalue weighted by atomic mass is 127. The fourth-order valence-corrected chi connectivity index (χ4v) is 1.80. The molecule has 1 N–H and O–H groups in total.